The molecular formula is C15H12BrClFN3. The number of aromatic nitrogens is 3. The van der Waals surface area contributed by atoms with Crippen molar-refractivity contribution in [3.8, 4) is 5.69 Å². The number of halogens is 3. The number of alkyl halides is 1. The zero-order valence-corrected chi connectivity index (χ0v) is 13.8. The molecule has 108 valence electrons. The van der Waals surface area contributed by atoms with E-state index < -0.39 is 0 Å². The highest BCUT2D eigenvalue weighted by Crippen LogP contribution is 2.31. The highest BCUT2D eigenvalue weighted by molar-refractivity contribution is 9.10. The Morgan fingerprint density at radius 3 is 2.76 bits per heavy atom. The Morgan fingerprint density at radius 2 is 2.10 bits per heavy atom. The number of imidazole rings is 1. The largest absolute Gasteiger partial charge is 0.278 e. The molecule has 21 heavy (non-hydrogen) atoms. The van der Waals surface area contributed by atoms with Crippen molar-refractivity contribution >= 4 is 38.7 Å². The van der Waals surface area contributed by atoms with E-state index in [1.165, 1.54) is 12.1 Å². The van der Waals surface area contributed by atoms with Gasteiger partial charge in [0.2, 0.25) is 0 Å². The van der Waals surface area contributed by atoms with Gasteiger partial charge in [-0.2, -0.15) is 0 Å². The first kappa shape index (κ1) is 14.5. The normalized spacial score (nSPS) is 12.8. The van der Waals surface area contributed by atoms with E-state index in [9.17, 15) is 4.39 Å². The molecule has 0 spiro atoms. The van der Waals surface area contributed by atoms with Crippen molar-refractivity contribution in [1.82, 2.24) is 14.5 Å². The summed E-state index contributed by atoms with van der Waals surface area (Å²) in [5, 5.41) is -0.295. The van der Waals surface area contributed by atoms with Crippen LogP contribution in [0.4, 0.5) is 4.39 Å². The van der Waals surface area contributed by atoms with Gasteiger partial charge in [-0.3, -0.25) is 4.57 Å². The molecule has 3 rings (SSSR count). The molecule has 0 radical (unpaired) electrons. The van der Waals surface area contributed by atoms with Gasteiger partial charge in [0.15, 0.2) is 5.65 Å². The lowest BCUT2D eigenvalue weighted by molar-refractivity contribution is 0.626. The molecule has 0 saturated heterocycles. The molecule has 6 heteroatoms. The van der Waals surface area contributed by atoms with Crippen molar-refractivity contribution in [3.63, 3.8) is 0 Å². The van der Waals surface area contributed by atoms with Crippen LogP contribution in [0, 0.1) is 12.7 Å². The maximum atomic E-state index is 13.3. The molecule has 1 aromatic carbocycles. The lowest BCUT2D eigenvalue weighted by Gasteiger charge is -2.11. The van der Waals surface area contributed by atoms with Crippen LogP contribution in [-0.4, -0.2) is 14.5 Å². The fraction of sp³-hybridized carbons (Fsp3) is 0.200. The molecule has 2 aromatic heterocycles. The van der Waals surface area contributed by atoms with Crippen molar-refractivity contribution in [3.05, 3.63) is 52.1 Å². The summed E-state index contributed by atoms with van der Waals surface area (Å²) < 4.78 is 15.8. The van der Waals surface area contributed by atoms with E-state index in [0.29, 0.717) is 15.9 Å². The van der Waals surface area contributed by atoms with Crippen molar-refractivity contribution in [2.45, 2.75) is 19.2 Å². The molecule has 0 aliphatic heterocycles. The van der Waals surface area contributed by atoms with Crippen LogP contribution >= 0.6 is 27.5 Å². The van der Waals surface area contributed by atoms with E-state index in [2.05, 4.69) is 25.9 Å². The molecule has 0 amide bonds. The minimum atomic E-state index is -0.306. The number of nitrogens with zero attached hydrogens (tertiary/aromatic N) is 3. The fourth-order valence-electron chi connectivity index (χ4n) is 2.25. The molecule has 0 bridgehead atoms. The monoisotopic (exact) mass is 367 g/mol. The van der Waals surface area contributed by atoms with Gasteiger partial charge in [0.05, 0.1) is 11.1 Å². The number of fused-ring (bicyclic) bond motifs is 1. The van der Waals surface area contributed by atoms with Crippen LogP contribution in [-0.2, 0) is 0 Å². The number of aryl methyl sites for hydroxylation is 1. The summed E-state index contributed by atoms with van der Waals surface area (Å²) in [6, 6.07) is 6.46. The number of benzene rings is 1. The molecule has 0 aliphatic carbocycles. The third-order valence-corrected chi connectivity index (χ3v) is 4.00. The lowest BCUT2D eigenvalue weighted by Crippen LogP contribution is -2.03. The summed E-state index contributed by atoms with van der Waals surface area (Å²) in [6.45, 7) is 3.81. The smallest absolute Gasteiger partial charge is 0.164 e. The molecule has 2 heterocycles. The third kappa shape index (κ3) is 2.56. The van der Waals surface area contributed by atoms with Gasteiger partial charge in [-0.25, -0.2) is 14.4 Å². The van der Waals surface area contributed by atoms with Crippen molar-refractivity contribution < 1.29 is 4.39 Å². The molecule has 3 aromatic rings. The van der Waals surface area contributed by atoms with Gasteiger partial charge >= 0.3 is 0 Å². The number of pyridine rings is 1. The maximum Gasteiger partial charge on any atom is 0.164 e. The van der Waals surface area contributed by atoms with Crippen molar-refractivity contribution in [1.29, 1.82) is 0 Å². The first-order chi connectivity index (χ1) is 9.97. The average Bonchev–Trinajstić information content (AvgIpc) is 2.77. The Kier molecular flexibility index (Phi) is 3.71. The second-order valence-corrected chi connectivity index (χ2v) is 6.38. The van der Waals surface area contributed by atoms with Crippen molar-refractivity contribution in [2.75, 3.05) is 0 Å². The van der Waals surface area contributed by atoms with Crippen LogP contribution < -0.4 is 0 Å². The first-order valence-corrected chi connectivity index (χ1v) is 7.65. The molecule has 0 aliphatic rings. The zero-order chi connectivity index (χ0) is 15.1. The standard InChI is InChI=1S/C15H12BrClFN3/c1-8-5-12-15(19-7-8)21(14(20-12)9(2)17)13-4-3-10(18)6-11(13)16/h3-7,9H,1-2H3. The molecule has 0 saturated carbocycles. The Labute approximate surface area is 134 Å². The van der Waals surface area contributed by atoms with Gasteiger partial charge in [-0.1, -0.05) is 0 Å². The molecule has 3 nitrogen and oxygen atoms in total. The van der Waals surface area contributed by atoms with E-state index in [0.717, 1.165) is 16.8 Å². The fourth-order valence-corrected chi connectivity index (χ4v) is 2.92. The minimum absolute atomic E-state index is 0.295. The van der Waals surface area contributed by atoms with Gasteiger partial charge in [0.1, 0.15) is 17.2 Å². The van der Waals surface area contributed by atoms with Crippen LogP contribution in [0.2, 0.25) is 0 Å². The maximum absolute atomic E-state index is 13.3. The van der Waals surface area contributed by atoms with Crippen LogP contribution in [0.1, 0.15) is 23.7 Å². The number of hydrogen-bond acceptors (Lipinski definition) is 2. The van der Waals surface area contributed by atoms with Crippen LogP contribution in [0.3, 0.4) is 0 Å². The Hall–Kier alpha value is -1.46. The SMILES string of the molecule is Cc1cnc2c(c1)nc(C(C)Cl)n2-c1ccc(F)cc1Br. The molecular weight excluding hydrogens is 357 g/mol. The second kappa shape index (κ2) is 5.39. The lowest BCUT2D eigenvalue weighted by atomic mass is 10.3. The van der Waals surface area contributed by atoms with Gasteiger partial charge in [-0.15, -0.1) is 11.6 Å². The Bertz CT molecular complexity index is 829. The van der Waals surface area contributed by atoms with Gasteiger partial charge in [-0.05, 0) is 59.6 Å². The Balaban J connectivity index is 2.36. The average molecular weight is 369 g/mol. The summed E-state index contributed by atoms with van der Waals surface area (Å²) in [6.07, 6.45) is 1.78. The van der Waals surface area contributed by atoms with Crippen LogP contribution in [0.15, 0.2) is 34.9 Å². The quantitative estimate of drug-likeness (QED) is 0.600. The highest BCUT2D eigenvalue weighted by Gasteiger charge is 2.19. The summed E-state index contributed by atoms with van der Waals surface area (Å²) in [5.74, 6) is 0.372. The van der Waals surface area contributed by atoms with E-state index in [1.54, 1.807) is 12.3 Å². The van der Waals surface area contributed by atoms with Crippen molar-refractivity contribution in [2.24, 2.45) is 0 Å². The highest BCUT2D eigenvalue weighted by atomic mass is 79.9. The summed E-state index contributed by atoms with van der Waals surface area (Å²) >= 11 is 9.65. The van der Waals surface area contributed by atoms with E-state index in [4.69, 9.17) is 11.6 Å². The Morgan fingerprint density at radius 1 is 1.33 bits per heavy atom. The topological polar surface area (TPSA) is 30.7 Å². The molecule has 0 N–H and O–H groups in total. The summed E-state index contributed by atoms with van der Waals surface area (Å²) in [7, 11) is 0. The number of hydrogen-bond donors (Lipinski definition) is 0. The zero-order valence-electron chi connectivity index (χ0n) is 11.4. The summed E-state index contributed by atoms with van der Waals surface area (Å²) in [5.41, 5.74) is 3.26. The third-order valence-electron chi connectivity index (χ3n) is 3.17. The van der Waals surface area contributed by atoms with Crippen LogP contribution in [0.25, 0.3) is 16.9 Å². The van der Waals surface area contributed by atoms with Gasteiger partial charge in [0, 0.05) is 10.7 Å². The van der Waals surface area contributed by atoms with E-state index in [1.807, 2.05) is 24.5 Å². The van der Waals surface area contributed by atoms with Crippen LogP contribution in [0.5, 0.6) is 0 Å². The molecule has 1 unspecified atom stereocenters. The first-order valence-electron chi connectivity index (χ1n) is 6.42. The van der Waals surface area contributed by atoms with E-state index in [-0.39, 0.29) is 11.2 Å². The summed E-state index contributed by atoms with van der Waals surface area (Å²) in [4.78, 5) is 9.02. The van der Waals surface area contributed by atoms with Gasteiger partial charge in [0.25, 0.3) is 0 Å². The van der Waals surface area contributed by atoms with E-state index >= 15 is 0 Å². The second-order valence-electron chi connectivity index (χ2n) is 4.87. The molecule has 0 fully saturated rings. The number of rotatable bonds is 2. The van der Waals surface area contributed by atoms with Gasteiger partial charge < -0.3 is 0 Å². The minimum Gasteiger partial charge on any atom is -0.278 e. The molecule has 1 atom stereocenters. The predicted molar refractivity (Wildman–Crippen MR) is 85.5 cm³/mol. The predicted octanol–water partition coefficient (Wildman–Crippen LogP) is 4.93.